The molecule has 0 heterocycles. The second-order valence-corrected chi connectivity index (χ2v) is 7.72. The number of hydrogen-bond donors (Lipinski definition) is 2. The van der Waals surface area contributed by atoms with E-state index in [1.54, 1.807) is 42.5 Å². The number of benzene rings is 3. The lowest BCUT2D eigenvalue weighted by Crippen LogP contribution is -2.27. The summed E-state index contributed by atoms with van der Waals surface area (Å²) in [6.45, 7) is 1.46. The molecule has 3 aromatic rings. The van der Waals surface area contributed by atoms with Crippen LogP contribution < -0.4 is 20.1 Å². The topological polar surface area (TPSA) is 79.9 Å². The summed E-state index contributed by atoms with van der Waals surface area (Å²) in [5, 5.41) is 5.73. The third-order valence-electron chi connectivity index (χ3n) is 4.87. The summed E-state index contributed by atoms with van der Waals surface area (Å²) in [5.74, 6) is 1.27. The first-order valence-corrected chi connectivity index (χ1v) is 10.7. The van der Waals surface area contributed by atoms with Crippen molar-refractivity contribution >= 4 is 17.5 Å². The van der Waals surface area contributed by atoms with Gasteiger partial charge in [-0.15, -0.1) is 0 Å². The highest BCUT2D eigenvalue weighted by Crippen LogP contribution is 2.25. The third kappa shape index (κ3) is 7.08. The summed E-state index contributed by atoms with van der Waals surface area (Å²) < 4.78 is 11.1. The molecule has 3 aromatic carbocycles. The average molecular weight is 448 g/mol. The second kappa shape index (κ2) is 11.7. The number of ether oxygens (including phenoxy) is 2. The molecule has 0 saturated carbocycles. The fourth-order valence-electron chi connectivity index (χ4n) is 3.15. The molecule has 0 saturated heterocycles. The Morgan fingerprint density at radius 2 is 1.58 bits per heavy atom. The molecule has 0 aliphatic heterocycles. The van der Waals surface area contributed by atoms with Crippen LogP contribution in [-0.2, 0) is 0 Å². The highest BCUT2D eigenvalue weighted by molar-refractivity contribution is 6.05. The minimum atomic E-state index is -0.274. The van der Waals surface area contributed by atoms with Gasteiger partial charge in [0, 0.05) is 23.9 Å². The maximum atomic E-state index is 12.7. The average Bonchev–Trinajstić information content (AvgIpc) is 2.82. The van der Waals surface area contributed by atoms with Crippen molar-refractivity contribution in [3.63, 3.8) is 0 Å². The van der Waals surface area contributed by atoms with Crippen LogP contribution >= 0.6 is 0 Å². The molecule has 33 heavy (non-hydrogen) atoms. The van der Waals surface area contributed by atoms with Crippen LogP contribution in [0.2, 0.25) is 0 Å². The van der Waals surface area contributed by atoms with Crippen LogP contribution in [0.5, 0.6) is 17.2 Å². The summed E-state index contributed by atoms with van der Waals surface area (Å²) in [4.78, 5) is 27.2. The number of carbonyl (C=O) groups excluding carboxylic acids is 2. The van der Waals surface area contributed by atoms with Crippen molar-refractivity contribution in [3.05, 3.63) is 83.9 Å². The Morgan fingerprint density at radius 3 is 2.24 bits per heavy atom. The lowest BCUT2D eigenvalue weighted by atomic mass is 10.1. The van der Waals surface area contributed by atoms with Gasteiger partial charge < -0.3 is 25.0 Å². The zero-order valence-corrected chi connectivity index (χ0v) is 19.1. The van der Waals surface area contributed by atoms with Crippen molar-refractivity contribution in [2.75, 3.05) is 39.6 Å². The van der Waals surface area contributed by atoms with E-state index in [2.05, 4.69) is 15.5 Å². The summed E-state index contributed by atoms with van der Waals surface area (Å²) in [6.07, 6.45) is 0.852. The van der Waals surface area contributed by atoms with Gasteiger partial charge in [-0.1, -0.05) is 18.2 Å². The number of anilines is 1. The summed E-state index contributed by atoms with van der Waals surface area (Å²) >= 11 is 0. The number of hydrogen-bond acceptors (Lipinski definition) is 5. The molecule has 0 aliphatic carbocycles. The van der Waals surface area contributed by atoms with Crippen LogP contribution in [0.25, 0.3) is 0 Å². The van der Waals surface area contributed by atoms with Crippen LogP contribution in [0, 0.1) is 0 Å². The molecule has 0 aliphatic rings. The van der Waals surface area contributed by atoms with Gasteiger partial charge in [-0.3, -0.25) is 9.59 Å². The summed E-state index contributed by atoms with van der Waals surface area (Å²) in [6, 6.07) is 21.3. The van der Waals surface area contributed by atoms with E-state index >= 15 is 0 Å². The lowest BCUT2D eigenvalue weighted by Gasteiger charge is -2.13. The number of amides is 2. The van der Waals surface area contributed by atoms with E-state index in [1.165, 1.54) is 7.11 Å². The largest absolute Gasteiger partial charge is 0.496 e. The zero-order chi connectivity index (χ0) is 23.6. The Bertz CT molecular complexity index is 1070. The van der Waals surface area contributed by atoms with Crippen molar-refractivity contribution in [1.82, 2.24) is 10.2 Å². The molecule has 7 nitrogen and oxygen atoms in total. The molecule has 172 valence electrons. The van der Waals surface area contributed by atoms with E-state index in [1.807, 2.05) is 44.4 Å². The Kier molecular flexibility index (Phi) is 8.43. The maximum absolute atomic E-state index is 12.7. The maximum Gasteiger partial charge on any atom is 0.255 e. The van der Waals surface area contributed by atoms with E-state index in [4.69, 9.17) is 9.47 Å². The second-order valence-electron chi connectivity index (χ2n) is 7.72. The minimum absolute atomic E-state index is 0.211. The number of rotatable bonds is 10. The van der Waals surface area contributed by atoms with Gasteiger partial charge in [0.2, 0.25) is 0 Å². The van der Waals surface area contributed by atoms with Gasteiger partial charge >= 0.3 is 0 Å². The van der Waals surface area contributed by atoms with Crippen molar-refractivity contribution in [3.8, 4) is 17.2 Å². The van der Waals surface area contributed by atoms with Crippen molar-refractivity contribution in [2.24, 2.45) is 0 Å². The predicted molar refractivity (Wildman–Crippen MR) is 129 cm³/mol. The smallest absolute Gasteiger partial charge is 0.255 e. The van der Waals surface area contributed by atoms with Crippen LogP contribution in [-0.4, -0.2) is 51.0 Å². The fraction of sp³-hybridized carbons (Fsp3) is 0.231. The Morgan fingerprint density at radius 1 is 0.879 bits per heavy atom. The molecule has 7 heteroatoms. The first kappa shape index (κ1) is 23.8. The van der Waals surface area contributed by atoms with E-state index in [0.717, 1.165) is 18.7 Å². The van der Waals surface area contributed by atoms with Gasteiger partial charge in [-0.05, 0) is 75.6 Å². The van der Waals surface area contributed by atoms with E-state index in [0.29, 0.717) is 34.9 Å². The van der Waals surface area contributed by atoms with Crippen LogP contribution in [0.1, 0.15) is 27.1 Å². The van der Waals surface area contributed by atoms with Crippen LogP contribution in [0.4, 0.5) is 5.69 Å². The minimum Gasteiger partial charge on any atom is -0.496 e. The first-order valence-electron chi connectivity index (χ1n) is 10.7. The quantitative estimate of drug-likeness (QED) is 0.450. The van der Waals surface area contributed by atoms with Gasteiger partial charge in [-0.25, -0.2) is 0 Å². The van der Waals surface area contributed by atoms with Crippen LogP contribution in [0.15, 0.2) is 72.8 Å². The van der Waals surface area contributed by atoms with E-state index in [9.17, 15) is 9.59 Å². The number of carbonyl (C=O) groups is 2. The molecule has 0 spiro atoms. The van der Waals surface area contributed by atoms with Gasteiger partial charge in [0.1, 0.15) is 17.2 Å². The van der Waals surface area contributed by atoms with Gasteiger partial charge in [-0.2, -0.15) is 0 Å². The molecule has 0 aromatic heterocycles. The number of methoxy groups -OCH3 is 1. The zero-order valence-electron chi connectivity index (χ0n) is 19.1. The lowest BCUT2D eigenvalue weighted by molar-refractivity contribution is 0.0948. The standard InChI is InChI=1S/C26H29N3O4/c1-29(2)17-7-16-27-26(31)23-15-12-20(18-24(23)32-3)28-25(30)19-10-13-22(14-11-19)33-21-8-5-4-6-9-21/h4-6,8-15,18H,7,16-17H2,1-3H3,(H,27,31)(H,28,30). The van der Waals surface area contributed by atoms with Gasteiger partial charge in [0.25, 0.3) is 11.8 Å². The molecular formula is C26H29N3O4. The molecule has 0 unspecified atom stereocenters. The molecular weight excluding hydrogens is 418 g/mol. The van der Waals surface area contributed by atoms with E-state index < -0.39 is 0 Å². The van der Waals surface area contributed by atoms with Crippen LogP contribution in [0.3, 0.4) is 0 Å². The molecule has 0 fully saturated rings. The Balaban J connectivity index is 1.60. The third-order valence-corrected chi connectivity index (χ3v) is 4.87. The SMILES string of the molecule is COc1cc(NC(=O)c2ccc(Oc3ccccc3)cc2)ccc1C(=O)NCCCN(C)C. The Hall–Kier alpha value is -3.84. The highest BCUT2D eigenvalue weighted by atomic mass is 16.5. The number of para-hydroxylation sites is 1. The number of nitrogens with one attached hydrogen (secondary N) is 2. The van der Waals surface area contributed by atoms with Gasteiger partial charge in [0.15, 0.2) is 0 Å². The molecule has 2 N–H and O–H groups in total. The monoisotopic (exact) mass is 447 g/mol. The normalized spacial score (nSPS) is 10.5. The molecule has 3 rings (SSSR count). The molecule has 0 atom stereocenters. The fourth-order valence-corrected chi connectivity index (χ4v) is 3.15. The van der Waals surface area contributed by atoms with Gasteiger partial charge in [0.05, 0.1) is 12.7 Å². The van der Waals surface area contributed by atoms with Crippen molar-refractivity contribution in [1.29, 1.82) is 0 Å². The molecule has 0 bridgehead atoms. The highest BCUT2D eigenvalue weighted by Gasteiger charge is 2.14. The van der Waals surface area contributed by atoms with Crippen molar-refractivity contribution < 1.29 is 19.1 Å². The summed E-state index contributed by atoms with van der Waals surface area (Å²) in [5.41, 5.74) is 1.44. The first-order chi connectivity index (χ1) is 16.0. The van der Waals surface area contributed by atoms with Crippen molar-refractivity contribution in [2.45, 2.75) is 6.42 Å². The molecule has 0 radical (unpaired) electrons. The summed E-state index contributed by atoms with van der Waals surface area (Å²) in [7, 11) is 5.48. The predicted octanol–water partition coefficient (Wildman–Crippen LogP) is 4.42. The number of nitrogens with zero attached hydrogens (tertiary/aromatic N) is 1. The molecule has 2 amide bonds. The van der Waals surface area contributed by atoms with E-state index in [-0.39, 0.29) is 11.8 Å². The Labute approximate surface area is 194 Å².